The molecule has 0 aliphatic carbocycles. The Labute approximate surface area is 208 Å². The van der Waals surface area contributed by atoms with Crippen LogP contribution in [-0.4, -0.2) is 34.2 Å². The lowest BCUT2D eigenvalue weighted by molar-refractivity contribution is 0.391. The summed E-state index contributed by atoms with van der Waals surface area (Å²) in [5, 5.41) is 18.2. The molecule has 176 valence electrons. The molecular formula is C27H24ClN5O2. The predicted octanol–water partition coefficient (Wildman–Crippen LogP) is 6.07. The lowest BCUT2D eigenvalue weighted by Gasteiger charge is -2.15. The maximum Gasteiger partial charge on any atom is 0.127 e. The Kier molecular flexibility index (Phi) is 6.25. The van der Waals surface area contributed by atoms with Gasteiger partial charge in [0.05, 0.1) is 37.3 Å². The van der Waals surface area contributed by atoms with Crippen LogP contribution in [0.1, 0.15) is 11.1 Å². The zero-order chi connectivity index (χ0) is 24.4. The summed E-state index contributed by atoms with van der Waals surface area (Å²) < 4.78 is 12.7. The SMILES string of the molecule is COc1ccc(CNc2cnnc3cc(-c4cc(Cl)c(C)cc4-n4cccn4)ccc23)c(OC)c1. The van der Waals surface area contributed by atoms with Crippen molar-refractivity contribution in [3.63, 3.8) is 0 Å². The minimum Gasteiger partial charge on any atom is -0.497 e. The molecule has 0 fully saturated rings. The number of nitrogens with one attached hydrogen (secondary N) is 1. The van der Waals surface area contributed by atoms with Crippen molar-refractivity contribution >= 4 is 28.2 Å². The Balaban J connectivity index is 1.50. The van der Waals surface area contributed by atoms with E-state index in [1.165, 1.54) is 0 Å². The van der Waals surface area contributed by atoms with Gasteiger partial charge in [0.1, 0.15) is 11.5 Å². The second-order valence-corrected chi connectivity index (χ2v) is 8.50. The van der Waals surface area contributed by atoms with E-state index in [1.807, 2.05) is 66.3 Å². The summed E-state index contributed by atoms with van der Waals surface area (Å²) in [6, 6.07) is 17.8. The largest absolute Gasteiger partial charge is 0.497 e. The number of fused-ring (bicyclic) bond motifs is 1. The molecule has 0 bridgehead atoms. The van der Waals surface area contributed by atoms with Crippen LogP contribution in [0.5, 0.6) is 11.5 Å². The van der Waals surface area contributed by atoms with Gasteiger partial charge in [-0.3, -0.25) is 0 Å². The second-order valence-electron chi connectivity index (χ2n) is 8.09. The first kappa shape index (κ1) is 22.7. The fraction of sp³-hybridized carbons (Fsp3) is 0.148. The number of halogens is 1. The molecule has 0 spiro atoms. The van der Waals surface area contributed by atoms with Crippen LogP contribution in [0.15, 0.2) is 73.2 Å². The summed E-state index contributed by atoms with van der Waals surface area (Å²) in [7, 11) is 3.29. The molecule has 5 aromatic rings. The van der Waals surface area contributed by atoms with Gasteiger partial charge in [-0.2, -0.15) is 15.3 Å². The predicted molar refractivity (Wildman–Crippen MR) is 139 cm³/mol. The highest BCUT2D eigenvalue weighted by atomic mass is 35.5. The van der Waals surface area contributed by atoms with E-state index >= 15 is 0 Å². The summed E-state index contributed by atoms with van der Waals surface area (Å²) in [4.78, 5) is 0. The zero-order valence-electron chi connectivity index (χ0n) is 19.6. The topological polar surface area (TPSA) is 74.1 Å². The van der Waals surface area contributed by atoms with Gasteiger partial charge in [0.15, 0.2) is 0 Å². The molecule has 7 nitrogen and oxygen atoms in total. The first-order chi connectivity index (χ1) is 17.1. The monoisotopic (exact) mass is 485 g/mol. The van der Waals surface area contributed by atoms with Gasteiger partial charge in [-0.05, 0) is 60.5 Å². The molecule has 0 amide bonds. The van der Waals surface area contributed by atoms with Gasteiger partial charge in [-0.15, -0.1) is 0 Å². The van der Waals surface area contributed by atoms with E-state index in [-0.39, 0.29) is 0 Å². The number of aryl methyl sites for hydroxylation is 1. The summed E-state index contributed by atoms with van der Waals surface area (Å²) >= 11 is 6.50. The van der Waals surface area contributed by atoms with Crippen molar-refractivity contribution < 1.29 is 9.47 Å². The summed E-state index contributed by atoms with van der Waals surface area (Å²) in [6.07, 6.45) is 5.41. The van der Waals surface area contributed by atoms with E-state index < -0.39 is 0 Å². The maximum absolute atomic E-state index is 6.50. The molecule has 0 unspecified atom stereocenters. The number of nitrogens with zero attached hydrogens (tertiary/aromatic N) is 4. The van der Waals surface area contributed by atoms with Crippen LogP contribution in [0.2, 0.25) is 5.02 Å². The van der Waals surface area contributed by atoms with E-state index in [0.29, 0.717) is 11.6 Å². The minimum absolute atomic E-state index is 0.562. The zero-order valence-corrected chi connectivity index (χ0v) is 20.4. The number of ether oxygens (including phenoxy) is 2. The first-order valence-corrected chi connectivity index (χ1v) is 11.5. The first-order valence-electron chi connectivity index (χ1n) is 11.1. The maximum atomic E-state index is 6.50. The van der Waals surface area contributed by atoms with Gasteiger partial charge in [-0.1, -0.05) is 17.7 Å². The number of anilines is 1. The third-order valence-electron chi connectivity index (χ3n) is 5.94. The summed E-state index contributed by atoms with van der Waals surface area (Å²) in [5.41, 5.74) is 6.55. The van der Waals surface area contributed by atoms with Crippen molar-refractivity contribution in [2.24, 2.45) is 0 Å². The highest BCUT2D eigenvalue weighted by molar-refractivity contribution is 6.31. The molecule has 35 heavy (non-hydrogen) atoms. The number of hydrogen-bond donors (Lipinski definition) is 1. The van der Waals surface area contributed by atoms with Gasteiger partial charge < -0.3 is 14.8 Å². The standard InChI is InChI=1S/C27H24ClN5O2/c1-17-11-26(33-10-4-9-31-33)22(14-23(17)28)18-6-8-21-24(12-18)32-30-16-25(21)29-15-19-5-7-20(34-2)13-27(19)35-3/h4-14,16H,15H2,1-3H3,(H,29,32). The van der Waals surface area contributed by atoms with E-state index in [1.54, 1.807) is 26.6 Å². The quantitative estimate of drug-likeness (QED) is 0.301. The lowest BCUT2D eigenvalue weighted by atomic mass is 10.00. The molecular weight excluding hydrogens is 462 g/mol. The third kappa shape index (κ3) is 4.50. The van der Waals surface area contributed by atoms with Crippen LogP contribution in [0.4, 0.5) is 5.69 Å². The van der Waals surface area contributed by atoms with Crippen molar-refractivity contribution in [3.05, 3.63) is 89.3 Å². The van der Waals surface area contributed by atoms with Crippen LogP contribution in [0, 0.1) is 6.92 Å². The van der Waals surface area contributed by atoms with Crippen molar-refractivity contribution in [2.75, 3.05) is 19.5 Å². The molecule has 0 aliphatic rings. The molecule has 2 heterocycles. The van der Waals surface area contributed by atoms with Crippen molar-refractivity contribution in [1.29, 1.82) is 0 Å². The van der Waals surface area contributed by atoms with Crippen LogP contribution >= 0.6 is 11.6 Å². The molecule has 8 heteroatoms. The molecule has 0 saturated carbocycles. The Bertz CT molecular complexity index is 1500. The summed E-state index contributed by atoms with van der Waals surface area (Å²) in [5.74, 6) is 1.51. The normalized spacial score (nSPS) is 11.0. The van der Waals surface area contributed by atoms with Crippen molar-refractivity contribution in [2.45, 2.75) is 13.5 Å². The molecule has 1 N–H and O–H groups in total. The van der Waals surface area contributed by atoms with Gasteiger partial charge in [0, 0.05) is 46.5 Å². The number of methoxy groups -OCH3 is 2. The van der Waals surface area contributed by atoms with Crippen molar-refractivity contribution in [1.82, 2.24) is 20.0 Å². The molecule has 3 aromatic carbocycles. The molecule has 0 radical (unpaired) electrons. The van der Waals surface area contributed by atoms with Gasteiger partial charge in [0.2, 0.25) is 0 Å². The Hall–Kier alpha value is -4.10. The number of hydrogen-bond acceptors (Lipinski definition) is 6. The smallest absolute Gasteiger partial charge is 0.127 e. The van der Waals surface area contributed by atoms with E-state index in [0.717, 1.165) is 56.0 Å². The molecule has 0 saturated heterocycles. The molecule has 5 rings (SSSR count). The third-order valence-corrected chi connectivity index (χ3v) is 6.35. The van der Waals surface area contributed by atoms with Crippen LogP contribution < -0.4 is 14.8 Å². The van der Waals surface area contributed by atoms with E-state index in [4.69, 9.17) is 21.1 Å². The lowest BCUT2D eigenvalue weighted by Crippen LogP contribution is -2.04. The molecule has 0 aliphatic heterocycles. The number of rotatable bonds is 7. The highest BCUT2D eigenvalue weighted by Crippen LogP contribution is 2.34. The fourth-order valence-corrected chi connectivity index (χ4v) is 4.22. The molecule has 0 atom stereocenters. The van der Waals surface area contributed by atoms with E-state index in [2.05, 4.69) is 26.7 Å². The summed E-state index contributed by atoms with van der Waals surface area (Å²) in [6.45, 7) is 2.55. The molecule has 2 aromatic heterocycles. The average Bonchev–Trinajstić information content (AvgIpc) is 3.43. The second kappa shape index (κ2) is 9.64. The highest BCUT2D eigenvalue weighted by Gasteiger charge is 2.13. The Morgan fingerprint density at radius 3 is 2.69 bits per heavy atom. The van der Waals surface area contributed by atoms with Gasteiger partial charge in [-0.25, -0.2) is 4.68 Å². The minimum atomic E-state index is 0.562. The fourth-order valence-electron chi connectivity index (χ4n) is 4.06. The van der Waals surface area contributed by atoms with Gasteiger partial charge >= 0.3 is 0 Å². The van der Waals surface area contributed by atoms with E-state index in [9.17, 15) is 0 Å². The van der Waals surface area contributed by atoms with Crippen LogP contribution in [0.3, 0.4) is 0 Å². The van der Waals surface area contributed by atoms with Crippen LogP contribution in [0.25, 0.3) is 27.7 Å². The Morgan fingerprint density at radius 1 is 1.03 bits per heavy atom. The van der Waals surface area contributed by atoms with Crippen molar-refractivity contribution in [3.8, 4) is 28.3 Å². The van der Waals surface area contributed by atoms with Crippen LogP contribution in [-0.2, 0) is 6.54 Å². The Morgan fingerprint density at radius 2 is 1.91 bits per heavy atom. The van der Waals surface area contributed by atoms with Gasteiger partial charge in [0.25, 0.3) is 0 Å². The average molecular weight is 486 g/mol. The number of benzene rings is 3. The number of aromatic nitrogens is 4.